The Morgan fingerprint density at radius 3 is 2.64 bits per heavy atom. The van der Waals surface area contributed by atoms with Crippen LogP contribution in [0.2, 0.25) is 0 Å². The van der Waals surface area contributed by atoms with E-state index < -0.39 is 5.54 Å². The van der Waals surface area contributed by atoms with E-state index in [9.17, 15) is 5.26 Å². The number of nitrogens with two attached hydrogens (primary N) is 1. The van der Waals surface area contributed by atoms with Gasteiger partial charge in [-0.3, -0.25) is 4.68 Å². The molecule has 0 spiro atoms. The van der Waals surface area contributed by atoms with Crippen molar-refractivity contribution in [2.45, 2.75) is 37.6 Å². The number of anilines is 1. The molecular formula is C10H14N4. The maximum absolute atomic E-state index is 9.25. The van der Waals surface area contributed by atoms with Crippen molar-refractivity contribution in [2.75, 3.05) is 5.73 Å². The molecule has 0 atom stereocenters. The van der Waals surface area contributed by atoms with Crippen LogP contribution in [0.15, 0.2) is 12.4 Å². The first-order valence-electron chi connectivity index (χ1n) is 4.99. The zero-order chi connectivity index (χ0) is 10.0. The third-order valence-electron chi connectivity index (χ3n) is 2.93. The Morgan fingerprint density at radius 2 is 2.14 bits per heavy atom. The van der Waals surface area contributed by atoms with E-state index in [1.54, 1.807) is 17.1 Å². The maximum atomic E-state index is 9.25. The minimum Gasteiger partial charge on any atom is -0.396 e. The Hall–Kier alpha value is -1.50. The molecule has 74 valence electrons. The number of rotatable bonds is 1. The first-order chi connectivity index (χ1) is 6.77. The molecule has 1 fully saturated rings. The molecule has 0 aliphatic heterocycles. The molecule has 1 saturated carbocycles. The topological polar surface area (TPSA) is 67.6 Å². The lowest BCUT2D eigenvalue weighted by Gasteiger charge is -2.30. The van der Waals surface area contributed by atoms with Crippen LogP contribution >= 0.6 is 0 Å². The second-order valence-corrected chi connectivity index (χ2v) is 3.92. The van der Waals surface area contributed by atoms with E-state index in [0.29, 0.717) is 5.69 Å². The summed E-state index contributed by atoms with van der Waals surface area (Å²) in [6.07, 6.45) is 8.58. The summed E-state index contributed by atoms with van der Waals surface area (Å²) in [7, 11) is 0. The van der Waals surface area contributed by atoms with Crippen molar-refractivity contribution < 1.29 is 0 Å². The molecule has 0 amide bonds. The first kappa shape index (κ1) is 9.07. The van der Waals surface area contributed by atoms with Crippen molar-refractivity contribution in [2.24, 2.45) is 0 Å². The van der Waals surface area contributed by atoms with Crippen LogP contribution in [-0.4, -0.2) is 9.78 Å². The highest BCUT2D eigenvalue weighted by atomic mass is 15.3. The Kier molecular flexibility index (Phi) is 2.16. The molecule has 4 nitrogen and oxygen atoms in total. The van der Waals surface area contributed by atoms with Crippen LogP contribution in [0.4, 0.5) is 5.69 Å². The molecule has 1 aromatic rings. The molecule has 0 unspecified atom stereocenters. The van der Waals surface area contributed by atoms with Crippen molar-refractivity contribution in [3.63, 3.8) is 0 Å². The second-order valence-electron chi connectivity index (χ2n) is 3.92. The van der Waals surface area contributed by atoms with Gasteiger partial charge in [0.2, 0.25) is 0 Å². The van der Waals surface area contributed by atoms with Gasteiger partial charge in [-0.25, -0.2) is 0 Å². The molecule has 1 aromatic heterocycles. The number of aromatic nitrogens is 2. The van der Waals surface area contributed by atoms with Gasteiger partial charge in [0, 0.05) is 6.20 Å². The van der Waals surface area contributed by atoms with E-state index in [-0.39, 0.29) is 0 Å². The lowest BCUT2D eigenvalue weighted by molar-refractivity contribution is 0.244. The molecule has 0 radical (unpaired) electrons. The van der Waals surface area contributed by atoms with Crippen LogP contribution in [0.3, 0.4) is 0 Å². The summed E-state index contributed by atoms with van der Waals surface area (Å²) >= 11 is 0. The molecule has 0 saturated heterocycles. The fourth-order valence-electron chi connectivity index (χ4n) is 2.10. The SMILES string of the molecule is N#CC1(n2cc(N)cn2)CCCCC1. The van der Waals surface area contributed by atoms with E-state index in [4.69, 9.17) is 5.73 Å². The van der Waals surface area contributed by atoms with Crippen molar-refractivity contribution >= 4 is 5.69 Å². The van der Waals surface area contributed by atoms with Crippen LogP contribution in [0.5, 0.6) is 0 Å². The molecule has 1 aliphatic rings. The van der Waals surface area contributed by atoms with Crippen LogP contribution in [0.1, 0.15) is 32.1 Å². The predicted molar refractivity (Wildman–Crippen MR) is 53.3 cm³/mol. The van der Waals surface area contributed by atoms with Gasteiger partial charge in [-0.15, -0.1) is 0 Å². The van der Waals surface area contributed by atoms with E-state index in [1.807, 2.05) is 0 Å². The molecule has 14 heavy (non-hydrogen) atoms. The molecule has 2 rings (SSSR count). The largest absolute Gasteiger partial charge is 0.396 e. The molecule has 2 N–H and O–H groups in total. The summed E-state index contributed by atoms with van der Waals surface area (Å²) in [5.74, 6) is 0. The molecule has 1 aliphatic carbocycles. The van der Waals surface area contributed by atoms with Gasteiger partial charge in [0.25, 0.3) is 0 Å². The molecular weight excluding hydrogens is 176 g/mol. The van der Waals surface area contributed by atoms with Crippen molar-refractivity contribution in [1.29, 1.82) is 5.26 Å². The van der Waals surface area contributed by atoms with Gasteiger partial charge in [-0.1, -0.05) is 6.42 Å². The van der Waals surface area contributed by atoms with Gasteiger partial charge in [0.1, 0.15) is 5.54 Å². The monoisotopic (exact) mass is 190 g/mol. The van der Waals surface area contributed by atoms with Gasteiger partial charge < -0.3 is 5.73 Å². The Morgan fingerprint density at radius 1 is 1.43 bits per heavy atom. The van der Waals surface area contributed by atoms with Crippen molar-refractivity contribution in [1.82, 2.24) is 9.78 Å². The minimum atomic E-state index is -0.435. The van der Waals surface area contributed by atoms with Crippen molar-refractivity contribution in [3.8, 4) is 6.07 Å². The summed E-state index contributed by atoms with van der Waals surface area (Å²) in [4.78, 5) is 0. The summed E-state index contributed by atoms with van der Waals surface area (Å²) in [6.45, 7) is 0. The predicted octanol–water partition coefficient (Wildman–Crippen LogP) is 1.65. The molecule has 1 heterocycles. The zero-order valence-corrected chi connectivity index (χ0v) is 8.11. The van der Waals surface area contributed by atoms with E-state index in [0.717, 1.165) is 25.7 Å². The average molecular weight is 190 g/mol. The fraction of sp³-hybridized carbons (Fsp3) is 0.600. The summed E-state index contributed by atoms with van der Waals surface area (Å²) in [5, 5.41) is 13.4. The van der Waals surface area contributed by atoms with Crippen molar-refractivity contribution in [3.05, 3.63) is 12.4 Å². The summed E-state index contributed by atoms with van der Waals surface area (Å²) in [6, 6.07) is 2.39. The average Bonchev–Trinajstić information content (AvgIpc) is 2.66. The Balaban J connectivity index is 2.32. The van der Waals surface area contributed by atoms with Gasteiger partial charge in [-0.05, 0) is 25.7 Å². The smallest absolute Gasteiger partial charge is 0.148 e. The number of nitrogens with zero attached hydrogens (tertiary/aromatic N) is 3. The third kappa shape index (κ3) is 1.35. The normalized spacial score (nSPS) is 20.2. The summed E-state index contributed by atoms with van der Waals surface area (Å²) in [5.41, 5.74) is 5.80. The second kappa shape index (κ2) is 3.33. The minimum absolute atomic E-state index is 0.435. The number of nitrogen functional groups attached to an aromatic ring is 1. The molecule has 0 aromatic carbocycles. The van der Waals surface area contributed by atoms with E-state index in [1.165, 1.54) is 6.42 Å². The standard InChI is InChI=1S/C10H14N4/c11-8-10(4-2-1-3-5-10)14-7-9(12)6-13-14/h6-7H,1-5,12H2. The number of hydrogen-bond donors (Lipinski definition) is 1. The first-order valence-corrected chi connectivity index (χ1v) is 4.99. The van der Waals surface area contributed by atoms with Gasteiger partial charge in [0.15, 0.2) is 0 Å². The highest BCUT2D eigenvalue weighted by Gasteiger charge is 2.34. The van der Waals surface area contributed by atoms with Gasteiger partial charge >= 0.3 is 0 Å². The molecule has 0 bridgehead atoms. The lowest BCUT2D eigenvalue weighted by Crippen LogP contribution is -2.34. The highest BCUT2D eigenvalue weighted by Crippen LogP contribution is 2.34. The number of nitriles is 1. The van der Waals surface area contributed by atoms with Crippen LogP contribution < -0.4 is 5.73 Å². The van der Waals surface area contributed by atoms with Gasteiger partial charge in [0.05, 0.1) is 18.0 Å². The molecule has 4 heteroatoms. The van der Waals surface area contributed by atoms with Gasteiger partial charge in [-0.2, -0.15) is 10.4 Å². The quantitative estimate of drug-likeness (QED) is 0.732. The maximum Gasteiger partial charge on any atom is 0.148 e. The summed E-state index contributed by atoms with van der Waals surface area (Å²) < 4.78 is 1.74. The highest BCUT2D eigenvalue weighted by molar-refractivity contribution is 5.31. The van der Waals surface area contributed by atoms with Crippen LogP contribution in [-0.2, 0) is 5.54 Å². The third-order valence-corrected chi connectivity index (χ3v) is 2.93. The van der Waals surface area contributed by atoms with E-state index in [2.05, 4.69) is 11.2 Å². The number of hydrogen-bond acceptors (Lipinski definition) is 3. The zero-order valence-electron chi connectivity index (χ0n) is 8.11. The Bertz CT molecular complexity index is 354. The van der Waals surface area contributed by atoms with Crippen LogP contribution in [0, 0.1) is 11.3 Å². The van der Waals surface area contributed by atoms with E-state index >= 15 is 0 Å². The van der Waals surface area contributed by atoms with Crippen LogP contribution in [0.25, 0.3) is 0 Å². The lowest BCUT2D eigenvalue weighted by atomic mass is 9.83. The fourth-order valence-corrected chi connectivity index (χ4v) is 2.10. The Labute approximate surface area is 83.3 Å².